The van der Waals surface area contributed by atoms with Crippen LogP contribution in [0.1, 0.15) is 40.5 Å². The van der Waals surface area contributed by atoms with Crippen LogP contribution in [0.4, 0.5) is 0 Å². The van der Waals surface area contributed by atoms with Crippen molar-refractivity contribution >= 4 is 11.9 Å². The summed E-state index contributed by atoms with van der Waals surface area (Å²) in [4.78, 5) is 22.2. The maximum Gasteiger partial charge on any atom is 0.308 e. The molecule has 0 N–H and O–H groups in total. The number of rotatable bonds is 13. The zero-order chi connectivity index (χ0) is 17.6. The van der Waals surface area contributed by atoms with E-state index >= 15 is 0 Å². The Morgan fingerprint density at radius 3 is 1.70 bits per heavy atom. The van der Waals surface area contributed by atoms with Gasteiger partial charge in [-0.15, -0.1) is 0 Å². The van der Waals surface area contributed by atoms with Crippen molar-refractivity contribution in [1.82, 2.24) is 0 Å². The van der Waals surface area contributed by atoms with Crippen molar-refractivity contribution in [2.24, 2.45) is 0 Å². The van der Waals surface area contributed by atoms with E-state index in [4.69, 9.17) is 23.7 Å². The van der Waals surface area contributed by atoms with Crippen LogP contribution in [-0.4, -0.2) is 63.8 Å². The first-order valence-electron chi connectivity index (χ1n) is 7.96. The van der Waals surface area contributed by atoms with Gasteiger partial charge in [0, 0.05) is 6.42 Å². The number of carbonyl (C=O) groups excluding carboxylic acids is 2. The molecule has 0 heterocycles. The van der Waals surface area contributed by atoms with Crippen LogP contribution in [0.15, 0.2) is 0 Å². The molecule has 0 saturated heterocycles. The molecular weight excluding hydrogens is 304 g/mol. The molecule has 7 nitrogen and oxygen atoms in total. The maximum atomic E-state index is 11.4. The van der Waals surface area contributed by atoms with Crippen LogP contribution in [0.3, 0.4) is 0 Å². The van der Waals surface area contributed by atoms with Gasteiger partial charge in [-0.1, -0.05) is 6.92 Å². The highest BCUT2D eigenvalue weighted by atomic mass is 16.6. The zero-order valence-electron chi connectivity index (χ0n) is 14.7. The van der Waals surface area contributed by atoms with Gasteiger partial charge in [0.05, 0.1) is 46.1 Å². The molecule has 0 aliphatic carbocycles. The van der Waals surface area contributed by atoms with Crippen molar-refractivity contribution in [2.45, 2.75) is 46.1 Å². The molecule has 0 aromatic rings. The van der Waals surface area contributed by atoms with E-state index in [-0.39, 0.29) is 25.0 Å². The fourth-order valence-electron chi connectivity index (χ4n) is 1.41. The summed E-state index contributed by atoms with van der Waals surface area (Å²) < 4.78 is 25.8. The van der Waals surface area contributed by atoms with Crippen molar-refractivity contribution in [1.29, 1.82) is 0 Å². The number of hydrogen-bond donors (Lipinski definition) is 0. The van der Waals surface area contributed by atoms with E-state index < -0.39 is 5.60 Å². The largest absolute Gasteiger partial charge is 0.463 e. The Hall–Kier alpha value is -1.18. The molecule has 0 atom stereocenters. The minimum atomic E-state index is -0.463. The fraction of sp³-hybridized carbons (Fsp3) is 0.875. The summed E-state index contributed by atoms with van der Waals surface area (Å²) in [5, 5.41) is 0. The van der Waals surface area contributed by atoms with Gasteiger partial charge < -0.3 is 23.7 Å². The second-order valence-corrected chi connectivity index (χ2v) is 5.75. The second kappa shape index (κ2) is 13.3. The highest BCUT2D eigenvalue weighted by Crippen LogP contribution is 2.07. The van der Waals surface area contributed by atoms with Crippen molar-refractivity contribution in [2.75, 3.05) is 46.2 Å². The molecule has 7 heteroatoms. The smallest absolute Gasteiger partial charge is 0.308 e. The molecule has 0 rings (SSSR count). The molecule has 0 unspecified atom stereocenters. The molecule has 0 radical (unpaired) electrons. The molecule has 0 aromatic heterocycles. The summed E-state index contributed by atoms with van der Waals surface area (Å²) in [5.74, 6) is -0.496. The van der Waals surface area contributed by atoms with Gasteiger partial charge in [-0.05, 0) is 20.8 Å². The fourth-order valence-corrected chi connectivity index (χ4v) is 1.41. The van der Waals surface area contributed by atoms with Crippen LogP contribution in [0.2, 0.25) is 0 Å². The van der Waals surface area contributed by atoms with Gasteiger partial charge in [0.1, 0.15) is 12.2 Å². The highest BCUT2D eigenvalue weighted by Gasteiger charge is 2.15. The highest BCUT2D eigenvalue weighted by molar-refractivity contribution is 5.70. The van der Waals surface area contributed by atoms with Gasteiger partial charge >= 0.3 is 11.9 Å². The predicted molar refractivity (Wildman–Crippen MR) is 84.2 cm³/mol. The zero-order valence-corrected chi connectivity index (χ0v) is 14.7. The molecule has 136 valence electrons. The molecule has 23 heavy (non-hydrogen) atoms. The molecule has 0 amide bonds. The molecule has 0 fully saturated rings. The lowest BCUT2D eigenvalue weighted by atomic mass is 10.2. The molecule has 0 bridgehead atoms. The molecule has 0 aliphatic heterocycles. The number of carbonyl (C=O) groups is 2. The Morgan fingerprint density at radius 1 is 0.739 bits per heavy atom. The first kappa shape index (κ1) is 21.8. The quantitative estimate of drug-likeness (QED) is 0.375. The SMILES string of the molecule is CCC(=O)OCCOCCOCCOCCC(=O)OC(C)(C)C. The van der Waals surface area contributed by atoms with Crippen LogP contribution in [-0.2, 0) is 33.3 Å². The normalized spacial score (nSPS) is 11.3. The molecular formula is C16H30O7. The monoisotopic (exact) mass is 334 g/mol. The third-order valence-corrected chi connectivity index (χ3v) is 2.39. The number of ether oxygens (including phenoxy) is 5. The predicted octanol–water partition coefficient (Wildman–Crippen LogP) is 1.72. The van der Waals surface area contributed by atoms with Crippen molar-refractivity contribution in [3.05, 3.63) is 0 Å². The van der Waals surface area contributed by atoms with E-state index in [0.29, 0.717) is 46.1 Å². The Bertz CT molecular complexity index is 323. The Kier molecular flexibility index (Phi) is 12.6. The van der Waals surface area contributed by atoms with E-state index in [2.05, 4.69) is 0 Å². The van der Waals surface area contributed by atoms with Crippen molar-refractivity contribution in [3.63, 3.8) is 0 Å². The Balaban J connectivity index is 3.22. The third-order valence-electron chi connectivity index (χ3n) is 2.39. The molecule has 0 aromatic carbocycles. The summed E-state index contributed by atoms with van der Waals surface area (Å²) in [7, 11) is 0. The van der Waals surface area contributed by atoms with Crippen LogP contribution in [0.5, 0.6) is 0 Å². The molecule has 0 aliphatic rings. The first-order valence-corrected chi connectivity index (χ1v) is 7.96. The van der Waals surface area contributed by atoms with E-state index in [1.165, 1.54) is 0 Å². The molecule has 0 spiro atoms. The van der Waals surface area contributed by atoms with Crippen LogP contribution >= 0.6 is 0 Å². The summed E-state index contributed by atoms with van der Waals surface area (Å²) in [6.45, 7) is 9.89. The van der Waals surface area contributed by atoms with Gasteiger partial charge in [-0.2, -0.15) is 0 Å². The average molecular weight is 334 g/mol. The lowest BCUT2D eigenvalue weighted by Gasteiger charge is -2.19. The van der Waals surface area contributed by atoms with Crippen LogP contribution < -0.4 is 0 Å². The number of hydrogen-bond acceptors (Lipinski definition) is 7. The van der Waals surface area contributed by atoms with Crippen LogP contribution in [0.25, 0.3) is 0 Å². The third kappa shape index (κ3) is 17.0. The van der Waals surface area contributed by atoms with Crippen molar-refractivity contribution in [3.8, 4) is 0 Å². The standard InChI is InChI=1S/C16H30O7/c1-5-14(17)22-13-12-21-11-10-20-9-8-19-7-6-15(18)23-16(2,3)4/h5-13H2,1-4H3. The Labute approximate surface area is 138 Å². The van der Waals surface area contributed by atoms with E-state index in [9.17, 15) is 9.59 Å². The van der Waals surface area contributed by atoms with Gasteiger partial charge in [0.15, 0.2) is 0 Å². The van der Waals surface area contributed by atoms with Gasteiger partial charge in [-0.25, -0.2) is 0 Å². The lowest BCUT2D eigenvalue weighted by molar-refractivity contribution is -0.156. The van der Waals surface area contributed by atoms with E-state index in [0.717, 1.165) is 0 Å². The minimum absolute atomic E-state index is 0.228. The average Bonchev–Trinajstić information content (AvgIpc) is 2.46. The Morgan fingerprint density at radius 2 is 1.22 bits per heavy atom. The lowest BCUT2D eigenvalue weighted by Crippen LogP contribution is -2.24. The second-order valence-electron chi connectivity index (χ2n) is 5.75. The van der Waals surface area contributed by atoms with Crippen LogP contribution in [0, 0.1) is 0 Å². The number of esters is 2. The summed E-state index contributed by atoms with van der Waals surface area (Å²) in [6.07, 6.45) is 0.605. The summed E-state index contributed by atoms with van der Waals surface area (Å²) >= 11 is 0. The summed E-state index contributed by atoms with van der Waals surface area (Å²) in [6, 6.07) is 0. The van der Waals surface area contributed by atoms with Crippen molar-refractivity contribution < 1.29 is 33.3 Å². The summed E-state index contributed by atoms with van der Waals surface area (Å²) in [5.41, 5.74) is -0.463. The first-order chi connectivity index (χ1) is 10.8. The van der Waals surface area contributed by atoms with E-state index in [1.807, 2.05) is 20.8 Å². The topological polar surface area (TPSA) is 80.3 Å². The maximum absolute atomic E-state index is 11.4. The van der Waals surface area contributed by atoms with Gasteiger partial charge in [0.2, 0.25) is 0 Å². The minimum Gasteiger partial charge on any atom is -0.463 e. The molecule has 0 saturated carbocycles. The van der Waals surface area contributed by atoms with E-state index in [1.54, 1.807) is 6.92 Å². The van der Waals surface area contributed by atoms with Gasteiger partial charge in [-0.3, -0.25) is 9.59 Å². The van der Waals surface area contributed by atoms with Gasteiger partial charge in [0.25, 0.3) is 0 Å².